The van der Waals surface area contributed by atoms with Crippen LogP contribution in [0.2, 0.25) is 10.0 Å². The number of benzene rings is 1. The molecule has 0 fully saturated rings. The number of aromatic nitrogens is 1. The minimum absolute atomic E-state index is 0.259. The summed E-state index contributed by atoms with van der Waals surface area (Å²) in [6.45, 7) is 2.10. The lowest BCUT2D eigenvalue weighted by Gasteiger charge is -2.07. The van der Waals surface area contributed by atoms with Gasteiger partial charge in [0.1, 0.15) is 0 Å². The first kappa shape index (κ1) is 14.8. The summed E-state index contributed by atoms with van der Waals surface area (Å²) in [4.78, 5) is 16.2. The Morgan fingerprint density at radius 1 is 1.15 bits per heavy atom. The average Bonchev–Trinajstić information content (AvgIpc) is 2.38. The molecule has 0 saturated carbocycles. The van der Waals surface area contributed by atoms with Gasteiger partial charge in [0.05, 0.1) is 11.9 Å². The number of hydrogen-bond donors (Lipinski definition) is 1. The number of anilines is 1. The number of rotatable bonds is 4. The average molecular weight is 309 g/mol. The molecule has 104 valence electrons. The van der Waals surface area contributed by atoms with Crippen molar-refractivity contribution in [1.29, 1.82) is 0 Å². The largest absolute Gasteiger partial charge is 0.321 e. The highest BCUT2D eigenvalue weighted by Crippen LogP contribution is 2.20. The van der Waals surface area contributed by atoms with E-state index >= 15 is 0 Å². The van der Waals surface area contributed by atoms with Crippen molar-refractivity contribution in [2.75, 3.05) is 5.32 Å². The molecule has 20 heavy (non-hydrogen) atoms. The molecule has 0 saturated heterocycles. The van der Waals surface area contributed by atoms with Gasteiger partial charge in [0.2, 0.25) is 0 Å². The zero-order valence-electron chi connectivity index (χ0n) is 11.0. The Morgan fingerprint density at radius 3 is 2.50 bits per heavy atom. The van der Waals surface area contributed by atoms with Crippen molar-refractivity contribution < 1.29 is 4.79 Å². The summed E-state index contributed by atoms with van der Waals surface area (Å²) in [6, 6.07) is 6.65. The summed E-state index contributed by atoms with van der Waals surface area (Å²) in [6.07, 6.45) is 5.38. The van der Waals surface area contributed by atoms with Crippen molar-refractivity contribution in [3.63, 3.8) is 0 Å². The Hall–Kier alpha value is -1.58. The zero-order valence-corrected chi connectivity index (χ0v) is 12.5. The number of carbonyl (C=O) groups excluding carboxylic acids is 1. The van der Waals surface area contributed by atoms with E-state index in [1.807, 2.05) is 6.07 Å². The summed E-state index contributed by atoms with van der Waals surface area (Å²) in [5.41, 5.74) is 2.18. The lowest BCUT2D eigenvalue weighted by molar-refractivity contribution is 0.102. The minimum atomic E-state index is -0.259. The topological polar surface area (TPSA) is 42.0 Å². The van der Waals surface area contributed by atoms with E-state index in [1.54, 1.807) is 30.6 Å². The van der Waals surface area contributed by atoms with Crippen LogP contribution in [-0.4, -0.2) is 10.9 Å². The van der Waals surface area contributed by atoms with Crippen molar-refractivity contribution in [3.8, 4) is 0 Å². The van der Waals surface area contributed by atoms with E-state index in [9.17, 15) is 4.79 Å². The molecule has 1 heterocycles. The van der Waals surface area contributed by atoms with Crippen LogP contribution in [0, 0.1) is 0 Å². The van der Waals surface area contributed by atoms with Gasteiger partial charge in [-0.2, -0.15) is 0 Å². The van der Waals surface area contributed by atoms with Gasteiger partial charge in [-0.05, 0) is 36.2 Å². The van der Waals surface area contributed by atoms with Crippen LogP contribution in [0.15, 0.2) is 36.7 Å². The molecule has 1 aromatic heterocycles. The number of nitrogens with one attached hydrogen (secondary N) is 1. The Labute approximate surface area is 127 Å². The first-order chi connectivity index (χ1) is 9.58. The maximum atomic E-state index is 12.1. The first-order valence-electron chi connectivity index (χ1n) is 6.30. The Bertz CT molecular complexity index is 609. The Morgan fingerprint density at radius 2 is 1.85 bits per heavy atom. The lowest BCUT2D eigenvalue weighted by Crippen LogP contribution is -2.12. The predicted octanol–water partition coefficient (Wildman–Crippen LogP) is 4.59. The van der Waals surface area contributed by atoms with E-state index in [2.05, 4.69) is 17.2 Å². The second-order valence-corrected chi connectivity index (χ2v) is 5.32. The molecule has 0 aliphatic carbocycles. The molecule has 1 aromatic carbocycles. The third kappa shape index (κ3) is 3.95. The van der Waals surface area contributed by atoms with Gasteiger partial charge in [0, 0.05) is 21.8 Å². The molecule has 0 radical (unpaired) electrons. The molecular formula is C15H14Cl2N2O. The van der Waals surface area contributed by atoms with Crippen molar-refractivity contribution >= 4 is 34.8 Å². The van der Waals surface area contributed by atoms with Gasteiger partial charge >= 0.3 is 0 Å². The van der Waals surface area contributed by atoms with Gasteiger partial charge in [-0.25, -0.2) is 0 Å². The van der Waals surface area contributed by atoms with E-state index in [0.717, 1.165) is 18.4 Å². The van der Waals surface area contributed by atoms with Gasteiger partial charge in [-0.3, -0.25) is 9.78 Å². The van der Waals surface area contributed by atoms with Crippen LogP contribution in [0.25, 0.3) is 0 Å². The van der Waals surface area contributed by atoms with Crippen LogP contribution >= 0.6 is 23.2 Å². The maximum absolute atomic E-state index is 12.1. The smallest absolute Gasteiger partial charge is 0.255 e. The molecule has 5 heteroatoms. The summed E-state index contributed by atoms with van der Waals surface area (Å²) < 4.78 is 0. The number of amides is 1. The Kier molecular flexibility index (Phi) is 4.99. The third-order valence-electron chi connectivity index (χ3n) is 2.72. The number of pyridine rings is 1. The van der Waals surface area contributed by atoms with E-state index in [1.165, 1.54) is 0 Å². The van der Waals surface area contributed by atoms with Gasteiger partial charge < -0.3 is 5.32 Å². The fraction of sp³-hybridized carbons (Fsp3) is 0.200. The zero-order chi connectivity index (χ0) is 14.5. The fourth-order valence-electron chi connectivity index (χ4n) is 1.87. The van der Waals surface area contributed by atoms with Crippen LogP contribution in [0.4, 0.5) is 5.69 Å². The summed E-state index contributed by atoms with van der Waals surface area (Å²) in [5.74, 6) is -0.259. The van der Waals surface area contributed by atoms with E-state index in [0.29, 0.717) is 21.3 Å². The molecular weight excluding hydrogens is 295 g/mol. The highest BCUT2D eigenvalue weighted by molar-refractivity contribution is 6.35. The van der Waals surface area contributed by atoms with Crippen molar-refractivity contribution in [1.82, 2.24) is 4.98 Å². The predicted molar refractivity (Wildman–Crippen MR) is 82.6 cm³/mol. The fourth-order valence-corrected chi connectivity index (χ4v) is 2.40. The van der Waals surface area contributed by atoms with Crippen LogP contribution < -0.4 is 5.32 Å². The Balaban J connectivity index is 2.16. The van der Waals surface area contributed by atoms with E-state index in [-0.39, 0.29) is 5.91 Å². The van der Waals surface area contributed by atoms with Gasteiger partial charge in [0.25, 0.3) is 5.91 Å². The molecule has 0 aliphatic rings. The molecule has 0 unspecified atom stereocenters. The number of carbonyl (C=O) groups is 1. The normalized spacial score (nSPS) is 10.3. The lowest BCUT2D eigenvalue weighted by atomic mass is 10.1. The van der Waals surface area contributed by atoms with E-state index in [4.69, 9.17) is 23.2 Å². The second kappa shape index (κ2) is 6.73. The number of nitrogens with zero attached hydrogens (tertiary/aromatic N) is 1. The highest BCUT2D eigenvalue weighted by Gasteiger charge is 2.09. The summed E-state index contributed by atoms with van der Waals surface area (Å²) >= 11 is 11.8. The SMILES string of the molecule is CCCc1cncc(NC(=O)c2cc(Cl)cc(Cl)c2)c1. The van der Waals surface area contributed by atoms with Crippen molar-refractivity contribution in [3.05, 3.63) is 57.8 Å². The van der Waals surface area contributed by atoms with Crippen molar-refractivity contribution in [2.45, 2.75) is 19.8 Å². The number of halogens is 2. The molecule has 2 aromatic rings. The van der Waals surface area contributed by atoms with Gasteiger partial charge in [-0.1, -0.05) is 36.5 Å². The number of aryl methyl sites for hydroxylation is 1. The van der Waals surface area contributed by atoms with Crippen LogP contribution in [-0.2, 0) is 6.42 Å². The molecule has 3 nitrogen and oxygen atoms in total. The summed E-state index contributed by atoms with van der Waals surface area (Å²) in [7, 11) is 0. The quantitative estimate of drug-likeness (QED) is 0.897. The maximum Gasteiger partial charge on any atom is 0.255 e. The van der Waals surface area contributed by atoms with Gasteiger partial charge in [-0.15, -0.1) is 0 Å². The summed E-state index contributed by atoms with van der Waals surface area (Å²) in [5, 5.41) is 3.65. The molecule has 1 N–H and O–H groups in total. The monoisotopic (exact) mass is 308 g/mol. The molecule has 2 rings (SSSR count). The second-order valence-electron chi connectivity index (χ2n) is 4.44. The first-order valence-corrected chi connectivity index (χ1v) is 7.05. The molecule has 1 amide bonds. The van der Waals surface area contributed by atoms with Crippen LogP contribution in [0.5, 0.6) is 0 Å². The molecule has 0 atom stereocenters. The molecule has 0 spiro atoms. The van der Waals surface area contributed by atoms with E-state index < -0.39 is 0 Å². The van der Waals surface area contributed by atoms with Crippen LogP contribution in [0.1, 0.15) is 29.3 Å². The number of hydrogen-bond acceptors (Lipinski definition) is 2. The molecule has 0 bridgehead atoms. The molecule has 0 aliphatic heterocycles. The highest BCUT2D eigenvalue weighted by atomic mass is 35.5. The standard InChI is InChI=1S/C15H14Cl2N2O/c1-2-3-10-4-14(9-18-8-10)19-15(20)11-5-12(16)7-13(17)6-11/h4-9H,2-3H2,1H3,(H,19,20). The van der Waals surface area contributed by atoms with Gasteiger partial charge in [0.15, 0.2) is 0 Å². The van der Waals surface area contributed by atoms with Crippen molar-refractivity contribution in [2.24, 2.45) is 0 Å². The van der Waals surface area contributed by atoms with Crippen LogP contribution in [0.3, 0.4) is 0 Å². The third-order valence-corrected chi connectivity index (χ3v) is 3.15. The minimum Gasteiger partial charge on any atom is -0.321 e.